The molecule has 0 aromatic heterocycles. The van der Waals surface area contributed by atoms with Crippen molar-refractivity contribution in [3.63, 3.8) is 0 Å². The first-order valence-corrected chi connectivity index (χ1v) is 3.67. The highest BCUT2D eigenvalue weighted by Gasteiger charge is 1.90. The van der Waals surface area contributed by atoms with Gasteiger partial charge in [0.05, 0.1) is 6.61 Å². The predicted molar refractivity (Wildman–Crippen MR) is 47.2 cm³/mol. The lowest BCUT2D eigenvalue weighted by atomic mass is 10.1. The Kier molecular flexibility index (Phi) is 2.87. The number of aliphatic hydroxyl groups excluding tert-OH is 1. The molecule has 11 heavy (non-hydrogen) atoms. The molecule has 58 valence electrons. The van der Waals surface area contributed by atoms with Gasteiger partial charge in [0.15, 0.2) is 0 Å². The molecule has 1 rings (SSSR count). The number of hydrogen-bond donors (Lipinski definition) is 1. The summed E-state index contributed by atoms with van der Waals surface area (Å²) in [6, 6.07) is 10.0. The Morgan fingerprint density at radius 1 is 1.36 bits per heavy atom. The minimum absolute atomic E-state index is 0.112. The smallest absolute Gasteiger partial charge is 0.0618 e. The van der Waals surface area contributed by atoms with Crippen LogP contribution < -0.4 is 0 Å². The van der Waals surface area contributed by atoms with E-state index in [0.717, 1.165) is 5.57 Å². The molecule has 0 saturated heterocycles. The number of rotatable bonds is 2. The highest BCUT2D eigenvalue weighted by Crippen LogP contribution is 2.11. The summed E-state index contributed by atoms with van der Waals surface area (Å²) in [5.74, 6) is 0. The lowest BCUT2D eigenvalue weighted by molar-refractivity contribution is 0.343. The van der Waals surface area contributed by atoms with E-state index >= 15 is 0 Å². The molecule has 0 fully saturated rings. The third-order valence-corrected chi connectivity index (χ3v) is 1.63. The van der Waals surface area contributed by atoms with E-state index in [4.69, 9.17) is 5.11 Å². The van der Waals surface area contributed by atoms with Gasteiger partial charge in [0.2, 0.25) is 0 Å². The number of aliphatic hydroxyl groups is 1. The topological polar surface area (TPSA) is 20.2 Å². The lowest BCUT2D eigenvalue weighted by Crippen LogP contribution is -1.80. The normalized spacial score (nSPS) is 11.6. The van der Waals surface area contributed by atoms with Gasteiger partial charge in [0, 0.05) is 0 Å². The highest BCUT2D eigenvalue weighted by molar-refractivity contribution is 5.63. The van der Waals surface area contributed by atoms with E-state index in [-0.39, 0.29) is 6.61 Å². The van der Waals surface area contributed by atoms with Crippen LogP contribution in [-0.2, 0) is 0 Å². The van der Waals surface area contributed by atoms with E-state index in [1.54, 1.807) is 6.08 Å². The molecule has 1 aromatic rings. The SMILES string of the molecule is C/C(=C\CO)c1ccccc1. The molecule has 1 heteroatoms. The number of hydrogen-bond acceptors (Lipinski definition) is 1. The van der Waals surface area contributed by atoms with Crippen LogP contribution in [0.15, 0.2) is 36.4 Å². The third-order valence-electron chi connectivity index (χ3n) is 1.63. The Balaban J connectivity index is 2.85. The molecule has 0 amide bonds. The van der Waals surface area contributed by atoms with Crippen LogP contribution in [0.2, 0.25) is 0 Å². The first-order valence-electron chi connectivity index (χ1n) is 3.67. The fourth-order valence-corrected chi connectivity index (χ4v) is 0.956. The van der Waals surface area contributed by atoms with E-state index < -0.39 is 0 Å². The minimum atomic E-state index is 0.112. The summed E-state index contributed by atoms with van der Waals surface area (Å²) >= 11 is 0. The van der Waals surface area contributed by atoms with Gasteiger partial charge in [-0.1, -0.05) is 36.4 Å². The fraction of sp³-hybridized carbons (Fsp3) is 0.200. The predicted octanol–water partition coefficient (Wildman–Crippen LogP) is 2.08. The fourth-order valence-electron chi connectivity index (χ4n) is 0.956. The average molecular weight is 148 g/mol. The molecule has 0 radical (unpaired) electrons. The second kappa shape index (κ2) is 3.94. The molecular formula is C10H12O. The lowest BCUT2D eigenvalue weighted by Gasteiger charge is -1.98. The second-order valence-electron chi connectivity index (χ2n) is 2.44. The molecule has 0 spiro atoms. The van der Waals surface area contributed by atoms with Crippen molar-refractivity contribution in [1.82, 2.24) is 0 Å². The zero-order chi connectivity index (χ0) is 8.10. The minimum Gasteiger partial charge on any atom is -0.392 e. The molecule has 0 aliphatic rings. The maximum absolute atomic E-state index is 8.62. The molecule has 0 saturated carbocycles. The van der Waals surface area contributed by atoms with Gasteiger partial charge in [-0.2, -0.15) is 0 Å². The molecular weight excluding hydrogens is 136 g/mol. The zero-order valence-corrected chi connectivity index (χ0v) is 6.62. The van der Waals surface area contributed by atoms with Gasteiger partial charge in [-0.25, -0.2) is 0 Å². The van der Waals surface area contributed by atoms with Gasteiger partial charge in [-0.3, -0.25) is 0 Å². The van der Waals surface area contributed by atoms with Crippen LogP contribution in [-0.4, -0.2) is 11.7 Å². The summed E-state index contributed by atoms with van der Waals surface area (Å²) in [4.78, 5) is 0. The summed E-state index contributed by atoms with van der Waals surface area (Å²) in [6.07, 6.45) is 1.80. The van der Waals surface area contributed by atoms with Crippen LogP contribution >= 0.6 is 0 Å². The van der Waals surface area contributed by atoms with Crippen molar-refractivity contribution in [1.29, 1.82) is 0 Å². The van der Waals surface area contributed by atoms with Crippen molar-refractivity contribution in [3.8, 4) is 0 Å². The first-order chi connectivity index (χ1) is 5.34. The second-order valence-corrected chi connectivity index (χ2v) is 2.44. The zero-order valence-electron chi connectivity index (χ0n) is 6.62. The van der Waals surface area contributed by atoms with E-state index in [1.165, 1.54) is 5.56 Å². The van der Waals surface area contributed by atoms with E-state index in [0.29, 0.717) is 0 Å². The van der Waals surface area contributed by atoms with Crippen molar-refractivity contribution >= 4 is 5.57 Å². The van der Waals surface area contributed by atoms with Crippen LogP contribution in [0.4, 0.5) is 0 Å². The van der Waals surface area contributed by atoms with Crippen LogP contribution in [0, 0.1) is 0 Å². The maximum Gasteiger partial charge on any atom is 0.0618 e. The Hall–Kier alpha value is -1.08. The molecule has 0 bridgehead atoms. The summed E-state index contributed by atoms with van der Waals surface area (Å²) in [6.45, 7) is 2.10. The molecule has 1 N–H and O–H groups in total. The standard InChI is InChI=1S/C10H12O/c1-9(7-8-11)10-5-3-2-4-6-10/h2-7,11H,8H2,1H3/b9-7+. The quantitative estimate of drug-likeness (QED) is 0.680. The molecule has 0 aliphatic carbocycles. The molecule has 1 aromatic carbocycles. The summed E-state index contributed by atoms with van der Waals surface area (Å²) in [5, 5.41) is 8.62. The molecule has 0 atom stereocenters. The Morgan fingerprint density at radius 3 is 2.55 bits per heavy atom. The van der Waals surface area contributed by atoms with Crippen LogP contribution in [0.5, 0.6) is 0 Å². The molecule has 0 heterocycles. The van der Waals surface area contributed by atoms with E-state index in [9.17, 15) is 0 Å². The van der Waals surface area contributed by atoms with Gasteiger partial charge in [0.1, 0.15) is 0 Å². The van der Waals surface area contributed by atoms with Crippen molar-refractivity contribution in [3.05, 3.63) is 42.0 Å². The first kappa shape index (κ1) is 8.02. The Bertz CT molecular complexity index is 236. The highest BCUT2D eigenvalue weighted by atomic mass is 16.2. The third kappa shape index (κ3) is 2.20. The Labute approximate surface area is 67.0 Å². The number of benzene rings is 1. The molecule has 1 nitrogen and oxygen atoms in total. The average Bonchev–Trinajstić information content (AvgIpc) is 2.07. The monoisotopic (exact) mass is 148 g/mol. The van der Waals surface area contributed by atoms with Crippen LogP contribution in [0.1, 0.15) is 12.5 Å². The maximum atomic E-state index is 8.62. The molecule has 0 aliphatic heterocycles. The summed E-state index contributed by atoms with van der Waals surface area (Å²) in [5.41, 5.74) is 2.29. The van der Waals surface area contributed by atoms with Crippen molar-refractivity contribution in [2.75, 3.05) is 6.61 Å². The van der Waals surface area contributed by atoms with Crippen molar-refractivity contribution in [2.45, 2.75) is 6.92 Å². The van der Waals surface area contributed by atoms with Gasteiger partial charge >= 0.3 is 0 Å². The Morgan fingerprint density at radius 2 is 2.00 bits per heavy atom. The van der Waals surface area contributed by atoms with Crippen molar-refractivity contribution in [2.24, 2.45) is 0 Å². The van der Waals surface area contributed by atoms with Crippen molar-refractivity contribution < 1.29 is 5.11 Å². The van der Waals surface area contributed by atoms with E-state index in [2.05, 4.69) is 0 Å². The van der Waals surface area contributed by atoms with Crippen LogP contribution in [0.25, 0.3) is 5.57 Å². The van der Waals surface area contributed by atoms with Gasteiger partial charge < -0.3 is 5.11 Å². The molecule has 0 unspecified atom stereocenters. The van der Waals surface area contributed by atoms with Gasteiger partial charge in [-0.05, 0) is 18.1 Å². The number of allylic oxidation sites excluding steroid dienone is 1. The summed E-state index contributed by atoms with van der Waals surface area (Å²) < 4.78 is 0. The largest absolute Gasteiger partial charge is 0.392 e. The van der Waals surface area contributed by atoms with E-state index in [1.807, 2.05) is 37.3 Å². The summed E-state index contributed by atoms with van der Waals surface area (Å²) in [7, 11) is 0. The van der Waals surface area contributed by atoms with Gasteiger partial charge in [0.25, 0.3) is 0 Å². The van der Waals surface area contributed by atoms with Gasteiger partial charge in [-0.15, -0.1) is 0 Å². The van der Waals surface area contributed by atoms with Crippen LogP contribution in [0.3, 0.4) is 0 Å².